The van der Waals surface area contributed by atoms with E-state index in [4.69, 9.17) is 19.9 Å². The zero-order chi connectivity index (χ0) is 37.0. The topological polar surface area (TPSA) is 61.4 Å². The van der Waals surface area contributed by atoms with Crippen LogP contribution < -0.4 is 0 Å². The molecule has 0 saturated heterocycles. The lowest BCUT2D eigenvalue weighted by Gasteiger charge is -2.11. The van der Waals surface area contributed by atoms with Crippen LogP contribution in [-0.4, -0.2) is 29.1 Å². The third kappa shape index (κ3) is 5.27. The van der Waals surface area contributed by atoms with Crippen molar-refractivity contribution in [1.29, 1.82) is 0 Å². The number of nitrogens with zero attached hydrogens (tertiary/aromatic N) is 6. The molecule has 262 valence electrons. The maximum Gasteiger partial charge on any atom is 0.164 e. The van der Waals surface area contributed by atoms with Gasteiger partial charge in [-0.05, 0) is 72.3 Å². The molecule has 0 N–H and O–H groups in total. The van der Waals surface area contributed by atoms with Crippen molar-refractivity contribution in [2.75, 3.05) is 0 Å². The van der Waals surface area contributed by atoms with Gasteiger partial charge in [-0.25, -0.2) is 19.9 Å². The van der Waals surface area contributed by atoms with E-state index < -0.39 is 0 Å². The van der Waals surface area contributed by atoms with Gasteiger partial charge >= 0.3 is 0 Å². The monoisotopic (exact) mass is 716 g/mol. The van der Waals surface area contributed by atoms with Crippen LogP contribution in [0.2, 0.25) is 0 Å². The van der Waals surface area contributed by atoms with Gasteiger partial charge in [0.1, 0.15) is 5.65 Å². The Hall–Kier alpha value is -7.70. The molecule has 11 rings (SSSR count). The van der Waals surface area contributed by atoms with Crippen molar-refractivity contribution in [2.45, 2.75) is 0 Å². The number of aromatic nitrogens is 6. The molecule has 0 bridgehead atoms. The molecule has 0 atom stereocenters. The van der Waals surface area contributed by atoms with E-state index in [9.17, 15) is 0 Å². The highest BCUT2D eigenvalue weighted by Crippen LogP contribution is 2.38. The highest BCUT2D eigenvalue weighted by Gasteiger charge is 2.18. The first-order valence-corrected chi connectivity index (χ1v) is 18.7. The maximum atomic E-state index is 5.09. The van der Waals surface area contributed by atoms with Gasteiger partial charge in [0.05, 0.1) is 16.6 Å². The van der Waals surface area contributed by atoms with Crippen LogP contribution in [0.1, 0.15) is 0 Å². The normalized spacial score (nSPS) is 11.6. The fraction of sp³-hybridized carbons (Fsp3) is 0. The van der Waals surface area contributed by atoms with Crippen LogP contribution in [0.4, 0.5) is 0 Å². The number of rotatable bonds is 6. The molecule has 0 aliphatic rings. The van der Waals surface area contributed by atoms with Crippen molar-refractivity contribution < 1.29 is 0 Å². The van der Waals surface area contributed by atoms with Crippen LogP contribution in [0.15, 0.2) is 194 Å². The summed E-state index contributed by atoms with van der Waals surface area (Å²) in [6.45, 7) is 0. The fourth-order valence-corrected chi connectivity index (χ4v) is 7.97. The van der Waals surface area contributed by atoms with Crippen molar-refractivity contribution in [2.24, 2.45) is 0 Å². The average Bonchev–Trinajstić information content (AvgIpc) is 3.79. The van der Waals surface area contributed by atoms with Crippen LogP contribution in [0.25, 0.3) is 100 Å². The van der Waals surface area contributed by atoms with Crippen LogP contribution in [0.3, 0.4) is 0 Å². The smallest absolute Gasteiger partial charge is 0.164 e. The molecular weight excluding hydrogens is 685 g/mol. The standard InChI is InChI=1S/C50H32N6/c1-4-14-33(15-5-1)47-52-48(34-16-6-2-7-17-34)54-49(53-47)35-24-27-39(28-25-35)55-44-22-12-10-20-40(44)42-30-36(26-29-46(42)55)37-31-43-41-21-11-13-23-45(41)56(50(43)51-32-37)38-18-8-3-9-19-38/h1-32H. The van der Waals surface area contributed by atoms with Crippen molar-refractivity contribution in [3.63, 3.8) is 0 Å². The summed E-state index contributed by atoms with van der Waals surface area (Å²) >= 11 is 0. The summed E-state index contributed by atoms with van der Waals surface area (Å²) in [5, 5.41) is 4.70. The zero-order valence-electron chi connectivity index (χ0n) is 30.2. The van der Waals surface area contributed by atoms with E-state index in [-0.39, 0.29) is 0 Å². The Morgan fingerprint density at radius 2 is 0.750 bits per heavy atom. The fourth-order valence-electron chi connectivity index (χ4n) is 7.97. The van der Waals surface area contributed by atoms with Crippen LogP contribution in [0.5, 0.6) is 0 Å². The molecule has 0 radical (unpaired) electrons. The Kier molecular flexibility index (Phi) is 7.38. The van der Waals surface area contributed by atoms with Crippen LogP contribution in [-0.2, 0) is 0 Å². The summed E-state index contributed by atoms with van der Waals surface area (Å²) in [5.74, 6) is 1.93. The molecule has 0 unspecified atom stereocenters. The lowest BCUT2D eigenvalue weighted by Crippen LogP contribution is -2.00. The first-order valence-electron chi connectivity index (χ1n) is 18.7. The summed E-state index contributed by atoms with van der Waals surface area (Å²) in [6.07, 6.45) is 2.01. The molecular formula is C50H32N6. The van der Waals surface area contributed by atoms with Crippen LogP contribution >= 0.6 is 0 Å². The van der Waals surface area contributed by atoms with E-state index in [2.05, 4.69) is 130 Å². The average molecular weight is 717 g/mol. The van der Waals surface area contributed by atoms with Gasteiger partial charge in [0, 0.05) is 61.4 Å². The molecule has 0 amide bonds. The Morgan fingerprint density at radius 1 is 0.304 bits per heavy atom. The van der Waals surface area contributed by atoms with E-state index in [0.29, 0.717) is 17.5 Å². The van der Waals surface area contributed by atoms with E-state index in [0.717, 1.165) is 66.8 Å². The van der Waals surface area contributed by atoms with Gasteiger partial charge in [-0.15, -0.1) is 0 Å². The lowest BCUT2D eigenvalue weighted by atomic mass is 10.0. The Bertz CT molecular complexity index is 3160. The van der Waals surface area contributed by atoms with Crippen molar-refractivity contribution in [3.05, 3.63) is 194 Å². The second-order valence-electron chi connectivity index (χ2n) is 14.0. The highest BCUT2D eigenvalue weighted by molar-refractivity contribution is 6.12. The number of hydrogen-bond acceptors (Lipinski definition) is 4. The Morgan fingerprint density at radius 3 is 1.38 bits per heavy atom. The van der Waals surface area contributed by atoms with E-state index in [1.54, 1.807) is 0 Å². The number of hydrogen-bond donors (Lipinski definition) is 0. The summed E-state index contributed by atoms with van der Waals surface area (Å²) < 4.78 is 4.59. The molecule has 6 nitrogen and oxygen atoms in total. The van der Waals surface area contributed by atoms with Gasteiger partial charge in [0.25, 0.3) is 0 Å². The Balaban J connectivity index is 1.01. The third-order valence-corrected chi connectivity index (χ3v) is 10.6. The summed E-state index contributed by atoms with van der Waals surface area (Å²) in [4.78, 5) is 19.8. The number of fused-ring (bicyclic) bond motifs is 6. The minimum Gasteiger partial charge on any atom is -0.309 e. The Labute approximate surface area is 322 Å². The van der Waals surface area contributed by atoms with Gasteiger partial charge < -0.3 is 4.57 Å². The quantitative estimate of drug-likeness (QED) is 0.172. The molecule has 0 aliphatic carbocycles. The van der Waals surface area contributed by atoms with E-state index in [1.165, 1.54) is 16.2 Å². The van der Waals surface area contributed by atoms with Gasteiger partial charge in [-0.2, -0.15) is 0 Å². The molecule has 6 heteroatoms. The first-order chi connectivity index (χ1) is 27.8. The van der Waals surface area contributed by atoms with E-state index in [1.807, 2.05) is 72.9 Å². The molecule has 7 aromatic carbocycles. The summed E-state index contributed by atoms with van der Waals surface area (Å²) in [6, 6.07) is 65.4. The predicted octanol–water partition coefficient (Wildman–Crippen LogP) is 12.1. The number of benzene rings is 7. The number of para-hydroxylation sites is 3. The second kappa shape index (κ2) is 13.0. The van der Waals surface area contributed by atoms with Gasteiger partial charge in [0.2, 0.25) is 0 Å². The van der Waals surface area contributed by atoms with E-state index >= 15 is 0 Å². The first kappa shape index (κ1) is 31.8. The minimum atomic E-state index is 0.633. The molecule has 4 aromatic heterocycles. The molecule has 11 aromatic rings. The summed E-state index contributed by atoms with van der Waals surface area (Å²) in [5.41, 5.74) is 11.6. The van der Waals surface area contributed by atoms with Crippen molar-refractivity contribution in [3.8, 4) is 56.7 Å². The molecule has 0 aliphatic heterocycles. The minimum absolute atomic E-state index is 0.633. The largest absolute Gasteiger partial charge is 0.309 e. The van der Waals surface area contributed by atoms with Gasteiger partial charge in [0.15, 0.2) is 17.5 Å². The third-order valence-electron chi connectivity index (χ3n) is 10.6. The van der Waals surface area contributed by atoms with Gasteiger partial charge in [-0.1, -0.05) is 121 Å². The van der Waals surface area contributed by atoms with Crippen molar-refractivity contribution in [1.82, 2.24) is 29.1 Å². The molecule has 0 spiro atoms. The van der Waals surface area contributed by atoms with Crippen LogP contribution in [0, 0.1) is 0 Å². The lowest BCUT2D eigenvalue weighted by molar-refractivity contribution is 1.07. The summed E-state index contributed by atoms with van der Waals surface area (Å²) in [7, 11) is 0. The number of pyridine rings is 1. The highest BCUT2D eigenvalue weighted by atomic mass is 15.0. The maximum absolute atomic E-state index is 5.09. The molecule has 4 heterocycles. The second-order valence-corrected chi connectivity index (χ2v) is 14.0. The van der Waals surface area contributed by atoms with Gasteiger partial charge in [-0.3, -0.25) is 4.57 Å². The predicted molar refractivity (Wildman–Crippen MR) is 228 cm³/mol. The molecule has 0 saturated carbocycles. The zero-order valence-corrected chi connectivity index (χ0v) is 30.2. The molecule has 0 fully saturated rings. The molecule has 56 heavy (non-hydrogen) atoms. The SMILES string of the molecule is c1ccc(-c2nc(-c3ccccc3)nc(-c3ccc(-n4c5ccccc5c5cc(-c6cnc7c(c6)c6ccccc6n7-c6ccccc6)ccc54)cc3)n2)cc1. The van der Waals surface area contributed by atoms with Crippen molar-refractivity contribution >= 4 is 43.7 Å².